The van der Waals surface area contributed by atoms with E-state index < -0.39 is 5.60 Å². The zero-order valence-corrected chi connectivity index (χ0v) is 14.5. The molecule has 0 N–H and O–H groups in total. The summed E-state index contributed by atoms with van der Waals surface area (Å²) in [6, 6.07) is 10.4. The summed E-state index contributed by atoms with van der Waals surface area (Å²) in [5, 5.41) is 0. The predicted octanol–water partition coefficient (Wildman–Crippen LogP) is 4.27. The molecule has 1 aromatic carbocycles. The number of benzene rings is 1. The zero-order valence-electron chi connectivity index (χ0n) is 14.5. The number of carbonyl (C=O) groups excluding carboxylic acids is 1. The van der Waals surface area contributed by atoms with Crippen LogP contribution in [0.2, 0.25) is 0 Å². The van der Waals surface area contributed by atoms with Crippen molar-refractivity contribution in [1.82, 2.24) is 4.90 Å². The summed E-state index contributed by atoms with van der Waals surface area (Å²) in [5.41, 5.74) is 0.760. The molecule has 2 rings (SSSR count). The van der Waals surface area contributed by atoms with Crippen molar-refractivity contribution in [2.24, 2.45) is 5.41 Å². The molecule has 1 fully saturated rings. The van der Waals surface area contributed by atoms with Crippen LogP contribution in [0.5, 0.6) is 0 Å². The first-order chi connectivity index (χ1) is 10.8. The van der Waals surface area contributed by atoms with Crippen molar-refractivity contribution >= 4 is 6.09 Å². The van der Waals surface area contributed by atoms with Crippen molar-refractivity contribution in [1.29, 1.82) is 0 Å². The second-order valence-corrected chi connectivity index (χ2v) is 7.38. The highest BCUT2D eigenvalue weighted by Gasteiger charge is 2.35. The van der Waals surface area contributed by atoms with Crippen LogP contribution in [0.3, 0.4) is 0 Å². The van der Waals surface area contributed by atoms with Gasteiger partial charge in [-0.05, 0) is 52.0 Å². The minimum Gasteiger partial charge on any atom is -0.444 e. The third kappa shape index (κ3) is 5.03. The van der Waals surface area contributed by atoms with Crippen LogP contribution in [0.1, 0.15) is 45.6 Å². The fourth-order valence-corrected chi connectivity index (χ4v) is 2.94. The summed E-state index contributed by atoms with van der Waals surface area (Å²) in [5.74, 6) is 3.02. The van der Waals surface area contributed by atoms with E-state index in [1.807, 2.05) is 26.8 Å². The van der Waals surface area contributed by atoms with Gasteiger partial charge in [0.1, 0.15) is 5.60 Å². The standard InChI is InChI=1S/C20H27NO2/c1-5-20(12-11-17-9-7-6-8-10-17)13-15-21(16-14-20)18(22)23-19(2,3)4/h1,6-10H,11-16H2,2-4H3. The lowest BCUT2D eigenvalue weighted by Gasteiger charge is -2.39. The molecule has 1 amide bonds. The van der Waals surface area contributed by atoms with Crippen molar-refractivity contribution in [3.05, 3.63) is 35.9 Å². The van der Waals surface area contributed by atoms with Gasteiger partial charge >= 0.3 is 6.09 Å². The van der Waals surface area contributed by atoms with Gasteiger partial charge in [0.15, 0.2) is 0 Å². The topological polar surface area (TPSA) is 29.5 Å². The number of aryl methyl sites for hydroxylation is 1. The van der Waals surface area contributed by atoms with E-state index in [0.29, 0.717) is 13.1 Å². The maximum absolute atomic E-state index is 12.1. The van der Waals surface area contributed by atoms with Crippen molar-refractivity contribution in [2.45, 2.75) is 52.1 Å². The van der Waals surface area contributed by atoms with E-state index in [4.69, 9.17) is 11.2 Å². The van der Waals surface area contributed by atoms with Gasteiger partial charge in [0.05, 0.1) is 0 Å². The quantitative estimate of drug-likeness (QED) is 0.780. The SMILES string of the molecule is C#CC1(CCc2ccccc2)CCN(C(=O)OC(C)(C)C)CC1. The molecule has 0 bridgehead atoms. The largest absolute Gasteiger partial charge is 0.444 e. The van der Waals surface area contributed by atoms with Crippen molar-refractivity contribution in [3.63, 3.8) is 0 Å². The zero-order chi connectivity index (χ0) is 16.9. The van der Waals surface area contributed by atoms with Crippen LogP contribution in [0.15, 0.2) is 30.3 Å². The number of hydrogen-bond acceptors (Lipinski definition) is 2. The molecule has 0 unspecified atom stereocenters. The molecular formula is C20H27NO2. The molecule has 124 valence electrons. The van der Waals surface area contributed by atoms with Crippen LogP contribution in [0.4, 0.5) is 4.79 Å². The smallest absolute Gasteiger partial charge is 0.410 e. The first-order valence-electron chi connectivity index (χ1n) is 8.33. The van der Waals surface area contributed by atoms with Crippen LogP contribution in [-0.4, -0.2) is 29.7 Å². The van der Waals surface area contributed by atoms with Gasteiger partial charge in [-0.15, -0.1) is 6.42 Å². The van der Waals surface area contributed by atoms with Gasteiger partial charge in [0, 0.05) is 18.5 Å². The number of terminal acetylenes is 1. The summed E-state index contributed by atoms with van der Waals surface area (Å²) >= 11 is 0. The Morgan fingerprint density at radius 1 is 1.26 bits per heavy atom. The second kappa shape index (κ2) is 7.08. The molecule has 0 aliphatic carbocycles. The number of piperidine rings is 1. The number of carbonyl (C=O) groups is 1. The fraction of sp³-hybridized carbons (Fsp3) is 0.550. The summed E-state index contributed by atoms with van der Waals surface area (Å²) in [6.45, 7) is 7.02. The van der Waals surface area contributed by atoms with Crippen LogP contribution >= 0.6 is 0 Å². The van der Waals surface area contributed by atoms with Crippen molar-refractivity contribution < 1.29 is 9.53 Å². The predicted molar refractivity (Wildman–Crippen MR) is 93.1 cm³/mol. The molecular weight excluding hydrogens is 286 g/mol. The molecule has 23 heavy (non-hydrogen) atoms. The molecule has 1 aliphatic heterocycles. The Bertz CT molecular complexity index is 558. The van der Waals surface area contributed by atoms with Crippen molar-refractivity contribution in [3.8, 4) is 12.3 Å². The maximum atomic E-state index is 12.1. The number of rotatable bonds is 3. The van der Waals surface area contributed by atoms with Gasteiger partial charge in [-0.2, -0.15) is 0 Å². The van der Waals surface area contributed by atoms with Gasteiger partial charge in [-0.1, -0.05) is 36.3 Å². The van der Waals surface area contributed by atoms with E-state index in [9.17, 15) is 4.79 Å². The highest BCUT2D eigenvalue weighted by molar-refractivity contribution is 5.68. The lowest BCUT2D eigenvalue weighted by Crippen LogP contribution is -2.45. The summed E-state index contributed by atoms with van der Waals surface area (Å²) in [7, 11) is 0. The van der Waals surface area contributed by atoms with Gasteiger partial charge in [-0.3, -0.25) is 0 Å². The van der Waals surface area contributed by atoms with Crippen molar-refractivity contribution in [2.75, 3.05) is 13.1 Å². The third-order valence-electron chi connectivity index (χ3n) is 4.41. The second-order valence-electron chi connectivity index (χ2n) is 7.38. The van der Waals surface area contributed by atoms with Crippen LogP contribution < -0.4 is 0 Å². The Balaban J connectivity index is 1.89. The molecule has 3 heteroatoms. The molecule has 0 spiro atoms. The van der Waals surface area contributed by atoms with E-state index in [1.54, 1.807) is 4.90 Å². The molecule has 1 heterocycles. The third-order valence-corrected chi connectivity index (χ3v) is 4.41. The molecule has 1 aliphatic rings. The number of likely N-dealkylation sites (tertiary alicyclic amines) is 1. The molecule has 1 saturated heterocycles. The normalized spacial score (nSPS) is 17.4. The number of nitrogens with zero attached hydrogens (tertiary/aromatic N) is 1. The molecule has 0 atom stereocenters. The average molecular weight is 313 g/mol. The number of hydrogen-bond donors (Lipinski definition) is 0. The Morgan fingerprint density at radius 3 is 2.39 bits per heavy atom. The Hall–Kier alpha value is -1.95. The average Bonchev–Trinajstić information content (AvgIpc) is 2.53. The highest BCUT2D eigenvalue weighted by atomic mass is 16.6. The van der Waals surface area contributed by atoms with Gasteiger partial charge in [0.2, 0.25) is 0 Å². The van der Waals surface area contributed by atoms with Gasteiger partial charge < -0.3 is 9.64 Å². The fourth-order valence-electron chi connectivity index (χ4n) is 2.94. The Labute approximate surface area is 140 Å². The Kier molecular flexibility index (Phi) is 5.36. The van der Waals surface area contributed by atoms with Crippen LogP contribution in [0.25, 0.3) is 0 Å². The minimum absolute atomic E-state index is 0.103. The summed E-state index contributed by atoms with van der Waals surface area (Å²) < 4.78 is 5.44. The maximum Gasteiger partial charge on any atom is 0.410 e. The summed E-state index contributed by atoms with van der Waals surface area (Å²) in [6.07, 6.45) is 9.25. The first kappa shape index (κ1) is 17.4. The minimum atomic E-state index is -0.453. The van der Waals surface area contributed by atoms with Crippen LogP contribution in [-0.2, 0) is 11.2 Å². The number of ether oxygens (including phenoxy) is 1. The molecule has 0 aromatic heterocycles. The first-order valence-corrected chi connectivity index (χ1v) is 8.33. The Morgan fingerprint density at radius 2 is 1.87 bits per heavy atom. The van der Waals surface area contributed by atoms with Gasteiger partial charge in [0.25, 0.3) is 0 Å². The highest BCUT2D eigenvalue weighted by Crippen LogP contribution is 2.36. The molecule has 0 saturated carbocycles. The molecule has 3 nitrogen and oxygen atoms in total. The molecule has 0 radical (unpaired) electrons. The van der Waals surface area contributed by atoms with E-state index >= 15 is 0 Å². The van der Waals surface area contributed by atoms with E-state index in [-0.39, 0.29) is 11.5 Å². The lowest BCUT2D eigenvalue weighted by molar-refractivity contribution is 0.0144. The summed E-state index contributed by atoms with van der Waals surface area (Å²) in [4.78, 5) is 13.9. The van der Waals surface area contributed by atoms with E-state index in [0.717, 1.165) is 25.7 Å². The van der Waals surface area contributed by atoms with E-state index in [1.165, 1.54) is 5.56 Å². The molecule has 1 aromatic rings. The lowest BCUT2D eigenvalue weighted by atomic mass is 9.75. The van der Waals surface area contributed by atoms with E-state index in [2.05, 4.69) is 30.2 Å². The monoisotopic (exact) mass is 313 g/mol. The number of amides is 1. The van der Waals surface area contributed by atoms with Gasteiger partial charge in [-0.25, -0.2) is 4.79 Å². The van der Waals surface area contributed by atoms with Crippen LogP contribution in [0, 0.1) is 17.8 Å².